The van der Waals surface area contributed by atoms with Crippen LogP contribution in [0.4, 0.5) is 4.79 Å². The van der Waals surface area contributed by atoms with Gasteiger partial charge in [0, 0.05) is 13.1 Å². The summed E-state index contributed by atoms with van der Waals surface area (Å²) in [4.78, 5) is 13.6. The van der Waals surface area contributed by atoms with E-state index in [0.717, 1.165) is 25.9 Å². The van der Waals surface area contributed by atoms with E-state index < -0.39 is 0 Å². The molecule has 1 heterocycles. The normalized spacial score (nSPS) is 23.1. The highest BCUT2D eigenvalue weighted by Crippen LogP contribution is 2.24. The van der Waals surface area contributed by atoms with E-state index in [1.807, 2.05) is 4.90 Å². The van der Waals surface area contributed by atoms with E-state index in [1.165, 1.54) is 38.5 Å². The van der Waals surface area contributed by atoms with Gasteiger partial charge in [-0.3, -0.25) is 0 Å². The van der Waals surface area contributed by atoms with Crippen LogP contribution < -0.4 is 0 Å². The number of rotatable bonds is 2. The maximum absolute atomic E-state index is 11.7. The van der Waals surface area contributed by atoms with Crippen LogP contribution in [0.2, 0.25) is 0 Å². The summed E-state index contributed by atoms with van der Waals surface area (Å²) in [7, 11) is 0. The summed E-state index contributed by atoms with van der Waals surface area (Å²) in [6.07, 6.45) is 9.92. The highest BCUT2D eigenvalue weighted by molar-refractivity contribution is 5.67. The van der Waals surface area contributed by atoms with Gasteiger partial charge in [-0.1, -0.05) is 19.3 Å². The minimum Gasteiger partial charge on any atom is -0.449 e. The lowest BCUT2D eigenvalue weighted by atomic mass is 9.90. The van der Waals surface area contributed by atoms with Crippen molar-refractivity contribution < 1.29 is 9.53 Å². The maximum atomic E-state index is 11.7. The third-order valence-electron chi connectivity index (χ3n) is 3.78. The zero-order valence-corrected chi connectivity index (χ0v) is 10.1. The third kappa shape index (κ3) is 3.39. The SMILES string of the molecule is O=C(OCC1CCCCC1)N1CCCCC1. The van der Waals surface area contributed by atoms with Gasteiger partial charge in [0.15, 0.2) is 0 Å². The van der Waals surface area contributed by atoms with Crippen LogP contribution in [0.25, 0.3) is 0 Å². The lowest BCUT2D eigenvalue weighted by Gasteiger charge is -2.27. The number of carbonyl (C=O) groups is 1. The van der Waals surface area contributed by atoms with Crippen LogP contribution in [-0.2, 0) is 4.74 Å². The number of nitrogens with zero attached hydrogens (tertiary/aromatic N) is 1. The first-order valence-electron chi connectivity index (χ1n) is 6.78. The van der Waals surface area contributed by atoms with Crippen molar-refractivity contribution in [3.63, 3.8) is 0 Å². The quantitative estimate of drug-likeness (QED) is 0.722. The van der Waals surface area contributed by atoms with Gasteiger partial charge < -0.3 is 9.64 Å². The Balaban J connectivity index is 1.65. The standard InChI is InChI=1S/C13H23NO2/c15-13(14-9-5-2-6-10-14)16-11-12-7-3-1-4-8-12/h12H,1-11H2. The van der Waals surface area contributed by atoms with Crippen LogP contribution in [0.1, 0.15) is 51.4 Å². The van der Waals surface area contributed by atoms with Crippen molar-refractivity contribution in [2.45, 2.75) is 51.4 Å². The van der Waals surface area contributed by atoms with Crippen LogP contribution in [0.5, 0.6) is 0 Å². The van der Waals surface area contributed by atoms with Gasteiger partial charge >= 0.3 is 6.09 Å². The summed E-state index contributed by atoms with van der Waals surface area (Å²) in [5, 5.41) is 0. The van der Waals surface area contributed by atoms with Gasteiger partial charge in [0.2, 0.25) is 0 Å². The first-order chi connectivity index (χ1) is 7.86. The molecule has 0 aromatic rings. The van der Waals surface area contributed by atoms with Crippen LogP contribution >= 0.6 is 0 Å². The monoisotopic (exact) mass is 225 g/mol. The van der Waals surface area contributed by atoms with Crippen LogP contribution in [0.3, 0.4) is 0 Å². The minimum absolute atomic E-state index is 0.0785. The first kappa shape index (κ1) is 11.7. The highest BCUT2D eigenvalue weighted by atomic mass is 16.6. The summed E-state index contributed by atoms with van der Waals surface area (Å²) in [5.41, 5.74) is 0. The second-order valence-electron chi connectivity index (χ2n) is 5.13. The lowest BCUT2D eigenvalue weighted by molar-refractivity contribution is 0.0749. The molecule has 0 atom stereocenters. The van der Waals surface area contributed by atoms with E-state index in [1.54, 1.807) is 0 Å². The molecular weight excluding hydrogens is 202 g/mol. The van der Waals surface area contributed by atoms with E-state index in [4.69, 9.17) is 4.74 Å². The summed E-state index contributed by atoms with van der Waals surface area (Å²) < 4.78 is 5.41. The fraction of sp³-hybridized carbons (Fsp3) is 0.923. The second kappa shape index (κ2) is 6.12. The average Bonchev–Trinajstić information content (AvgIpc) is 2.38. The lowest BCUT2D eigenvalue weighted by Crippen LogP contribution is -2.36. The van der Waals surface area contributed by atoms with Gasteiger partial charge in [-0.15, -0.1) is 0 Å². The molecule has 2 aliphatic rings. The zero-order valence-electron chi connectivity index (χ0n) is 10.1. The van der Waals surface area contributed by atoms with Crippen molar-refractivity contribution in [1.82, 2.24) is 4.90 Å². The topological polar surface area (TPSA) is 29.5 Å². The smallest absolute Gasteiger partial charge is 0.409 e. The highest BCUT2D eigenvalue weighted by Gasteiger charge is 2.20. The molecule has 1 saturated heterocycles. The number of hydrogen-bond donors (Lipinski definition) is 0. The Labute approximate surface area is 98.1 Å². The molecule has 0 aromatic carbocycles. The molecule has 3 nitrogen and oxygen atoms in total. The molecule has 1 saturated carbocycles. The molecule has 92 valence electrons. The molecule has 0 radical (unpaired) electrons. The largest absolute Gasteiger partial charge is 0.449 e. The van der Waals surface area contributed by atoms with Crippen LogP contribution in [0, 0.1) is 5.92 Å². The van der Waals surface area contributed by atoms with E-state index in [2.05, 4.69) is 0 Å². The number of piperidine rings is 1. The Bertz CT molecular complexity index is 218. The molecule has 1 aliphatic carbocycles. The molecular formula is C13H23NO2. The van der Waals surface area contributed by atoms with Gasteiger partial charge in [0.1, 0.15) is 0 Å². The van der Waals surface area contributed by atoms with Crippen molar-refractivity contribution >= 4 is 6.09 Å². The predicted molar refractivity (Wildman–Crippen MR) is 63.3 cm³/mol. The average molecular weight is 225 g/mol. The van der Waals surface area contributed by atoms with Gasteiger partial charge in [0.25, 0.3) is 0 Å². The number of hydrogen-bond acceptors (Lipinski definition) is 2. The molecule has 0 unspecified atom stereocenters. The zero-order chi connectivity index (χ0) is 11.2. The molecule has 0 N–H and O–H groups in total. The van der Waals surface area contributed by atoms with E-state index in [-0.39, 0.29) is 6.09 Å². The minimum atomic E-state index is -0.0785. The molecule has 2 fully saturated rings. The number of amides is 1. The Kier molecular flexibility index (Phi) is 4.49. The number of carbonyl (C=O) groups excluding carboxylic acids is 1. The second-order valence-corrected chi connectivity index (χ2v) is 5.13. The predicted octanol–water partition coefficient (Wildman–Crippen LogP) is 3.19. The summed E-state index contributed by atoms with van der Waals surface area (Å²) >= 11 is 0. The molecule has 1 amide bonds. The third-order valence-corrected chi connectivity index (χ3v) is 3.78. The molecule has 0 spiro atoms. The summed E-state index contributed by atoms with van der Waals surface area (Å²) in [5.74, 6) is 0.627. The van der Waals surface area contributed by atoms with E-state index in [9.17, 15) is 4.79 Å². The van der Waals surface area contributed by atoms with Crippen molar-refractivity contribution in [2.75, 3.05) is 19.7 Å². The van der Waals surface area contributed by atoms with E-state index >= 15 is 0 Å². The van der Waals surface area contributed by atoms with Gasteiger partial charge in [-0.05, 0) is 38.0 Å². The Morgan fingerprint density at radius 1 is 1.00 bits per heavy atom. The van der Waals surface area contributed by atoms with Crippen molar-refractivity contribution in [1.29, 1.82) is 0 Å². The van der Waals surface area contributed by atoms with E-state index in [0.29, 0.717) is 12.5 Å². The van der Waals surface area contributed by atoms with Gasteiger partial charge in [0.05, 0.1) is 6.61 Å². The molecule has 0 bridgehead atoms. The van der Waals surface area contributed by atoms with Crippen molar-refractivity contribution in [2.24, 2.45) is 5.92 Å². The molecule has 1 aliphatic heterocycles. The molecule has 16 heavy (non-hydrogen) atoms. The van der Waals surface area contributed by atoms with Crippen LogP contribution in [-0.4, -0.2) is 30.7 Å². The van der Waals surface area contributed by atoms with Crippen molar-refractivity contribution in [3.05, 3.63) is 0 Å². The summed E-state index contributed by atoms with van der Waals surface area (Å²) in [6, 6.07) is 0. The number of ether oxygens (including phenoxy) is 1. The molecule has 0 aromatic heterocycles. The Morgan fingerprint density at radius 2 is 1.62 bits per heavy atom. The van der Waals surface area contributed by atoms with Crippen molar-refractivity contribution in [3.8, 4) is 0 Å². The summed E-state index contributed by atoms with van der Waals surface area (Å²) in [6.45, 7) is 2.43. The fourth-order valence-electron chi connectivity index (χ4n) is 2.71. The maximum Gasteiger partial charge on any atom is 0.409 e. The Hall–Kier alpha value is -0.730. The van der Waals surface area contributed by atoms with Crippen LogP contribution in [0.15, 0.2) is 0 Å². The molecule has 2 rings (SSSR count). The van der Waals surface area contributed by atoms with Gasteiger partial charge in [-0.2, -0.15) is 0 Å². The fourth-order valence-corrected chi connectivity index (χ4v) is 2.71. The Morgan fingerprint density at radius 3 is 2.31 bits per heavy atom. The first-order valence-corrected chi connectivity index (χ1v) is 6.78. The van der Waals surface area contributed by atoms with Gasteiger partial charge in [-0.25, -0.2) is 4.79 Å². The number of likely N-dealkylation sites (tertiary alicyclic amines) is 1. The molecule has 3 heteroatoms.